The number of nitrogens with zero attached hydrogens (tertiary/aromatic N) is 1. The van der Waals surface area contributed by atoms with Crippen molar-refractivity contribution in [3.63, 3.8) is 0 Å². The van der Waals surface area contributed by atoms with Gasteiger partial charge in [-0.2, -0.15) is 0 Å². The number of hydrogen-bond donors (Lipinski definition) is 3. The second kappa shape index (κ2) is 7.10. The number of aliphatic carboxylic acids is 1. The summed E-state index contributed by atoms with van der Waals surface area (Å²) in [6, 6.07) is 5.54. The summed E-state index contributed by atoms with van der Waals surface area (Å²) >= 11 is 1.37. The van der Waals surface area contributed by atoms with Gasteiger partial charge in [-0.3, -0.25) is 9.78 Å². The van der Waals surface area contributed by atoms with Crippen LogP contribution in [0.3, 0.4) is 0 Å². The number of pyridine rings is 1. The number of thioether (sulfide) groups is 1. The lowest BCUT2D eigenvalue weighted by Gasteiger charge is -2.18. The highest BCUT2D eigenvalue weighted by Crippen LogP contribution is 2.09. The quantitative estimate of drug-likeness (QED) is 0.664. The second-order valence-electron chi connectivity index (χ2n) is 4.17. The van der Waals surface area contributed by atoms with E-state index in [0.717, 1.165) is 12.6 Å². The highest BCUT2D eigenvalue weighted by molar-refractivity contribution is 7.99. The van der Waals surface area contributed by atoms with Crippen LogP contribution in [0.1, 0.15) is 12.6 Å². The van der Waals surface area contributed by atoms with Gasteiger partial charge in [-0.1, -0.05) is 6.07 Å². The first-order valence-electron chi connectivity index (χ1n) is 5.62. The van der Waals surface area contributed by atoms with Crippen LogP contribution in [0.2, 0.25) is 0 Å². The van der Waals surface area contributed by atoms with Gasteiger partial charge in [0, 0.05) is 11.9 Å². The van der Waals surface area contributed by atoms with Crippen LogP contribution in [0.15, 0.2) is 24.4 Å². The van der Waals surface area contributed by atoms with E-state index >= 15 is 0 Å². The fourth-order valence-corrected chi connectivity index (χ4v) is 1.90. The van der Waals surface area contributed by atoms with Gasteiger partial charge >= 0.3 is 5.97 Å². The number of aliphatic hydroxyl groups is 1. The van der Waals surface area contributed by atoms with Crippen molar-refractivity contribution in [2.24, 2.45) is 0 Å². The largest absolute Gasteiger partial charge is 0.479 e. The van der Waals surface area contributed by atoms with Crippen LogP contribution in [0.25, 0.3) is 0 Å². The van der Waals surface area contributed by atoms with E-state index in [4.69, 9.17) is 5.11 Å². The minimum absolute atomic E-state index is 0.187. The first-order valence-corrected chi connectivity index (χ1v) is 6.77. The number of nitrogens with one attached hydrogen (secondary N) is 1. The molecule has 1 amide bonds. The summed E-state index contributed by atoms with van der Waals surface area (Å²) in [7, 11) is 0. The zero-order chi connectivity index (χ0) is 14.3. The Kier molecular flexibility index (Phi) is 5.78. The summed E-state index contributed by atoms with van der Waals surface area (Å²) in [4.78, 5) is 26.2. The van der Waals surface area contributed by atoms with E-state index < -0.39 is 11.6 Å². The smallest absolute Gasteiger partial charge is 0.337 e. The van der Waals surface area contributed by atoms with Crippen molar-refractivity contribution in [2.75, 3.05) is 12.3 Å². The Hall–Kier alpha value is -1.60. The SMILES string of the molecule is CC(O)(CNC(=O)CSCc1ccccn1)C(=O)O. The van der Waals surface area contributed by atoms with Crippen LogP contribution in [-0.4, -0.2) is 45.0 Å². The molecule has 6 nitrogen and oxygen atoms in total. The summed E-state index contributed by atoms with van der Waals surface area (Å²) < 4.78 is 0. The van der Waals surface area contributed by atoms with Crippen molar-refractivity contribution < 1.29 is 19.8 Å². The molecular formula is C12H16N2O4S. The molecule has 1 aromatic rings. The predicted molar refractivity (Wildman–Crippen MR) is 71.7 cm³/mol. The molecule has 0 aliphatic rings. The van der Waals surface area contributed by atoms with Crippen LogP contribution >= 0.6 is 11.8 Å². The number of aromatic nitrogens is 1. The number of rotatable bonds is 7. The van der Waals surface area contributed by atoms with Crippen molar-refractivity contribution >= 4 is 23.6 Å². The number of hydrogen-bond acceptors (Lipinski definition) is 5. The molecule has 1 aromatic heterocycles. The highest BCUT2D eigenvalue weighted by Gasteiger charge is 2.30. The van der Waals surface area contributed by atoms with Gasteiger partial charge in [-0.15, -0.1) is 11.8 Å². The first-order chi connectivity index (χ1) is 8.92. The van der Waals surface area contributed by atoms with E-state index in [0.29, 0.717) is 5.75 Å². The Morgan fingerprint density at radius 2 is 2.21 bits per heavy atom. The standard InChI is InChI=1S/C12H16N2O4S/c1-12(18,11(16)17)8-14-10(15)7-19-6-9-4-2-3-5-13-9/h2-5,18H,6-8H2,1H3,(H,14,15)(H,16,17). The summed E-state index contributed by atoms with van der Waals surface area (Å²) in [5.41, 5.74) is -1.07. The average molecular weight is 284 g/mol. The number of carboxylic acid groups (broad SMARTS) is 1. The summed E-state index contributed by atoms with van der Waals surface area (Å²) in [6.45, 7) is 0.821. The van der Waals surface area contributed by atoms with Gasteiger partial charge < -0.3 is 15.5 Å². The third kappa shape index (κ3) is 5.71. The summed E-state index contributed by atoms with van der Waals surface area (Å²) in [5, 5.41) is 20.5. The van der Waals surface area contributed by atoms with E-state index in [-0.39, 0.29) is 18.2 Å². The molecule has 19 heavy (non-hydrogen) atoms. The van der Waals surface area contributed by atoms with Crippen molar-refractivity contribution in [3.8, 4) is 0 Å². The summed E-state index contributed by atoms with van der Waals surface area (Å²) in [5.74, 6) is -0.896. The van der Waals surface area contributed by atoms with E-state index in [1.165, 1.54) is 11.8 Å². The lowest BCUT2D eigenvalue weighted by molar-refractivity contribution is -0.156. The van der Waals surface area contributed by atoms with Crippen LogP contribution in [-0.2, 0) is 15.3 Å². The van der Waals surface area contributed by atoms with Crippen molar-refractivity contribution in [3.05, 3.63) is 30.1 Å². The third-order valence-electron chi connectivity index (χ3n) is 2.30. The lowest BCUT2D eigenvalue weighted by Crippen LogP contribution is -2.46. The molecule has 0 aromatic carbocycles. The second-order valence-corrected chi connectivity index (χ2v) is 5.16. The molecule has 1 atom stereocenters. The van der Waals surface area contributed by atoms with E-state index in [2.05, 4.69) is 10.3 Å². The molecule has 7 heteroatoms. The fourth-order valence-electron chi connectivity index (χ4n) is 1.13. The molecule has 0 bridgehead atoms. The maximum atomic E-state index is 11.4. The molecule has 3 N–H and O–H groups in total. The Balaban J connectivity index is 2.24. The molecule has 0 aliphatic heterocycles. The van der Waals surface area contributed by atoms with E-state index in [1.807, 2.05) is 18.2 Å². The minimum atomic E-state index is -1.94. The topological polar surface area (TPSA) is 99.5 Å². The zero-order valence-corrected chi connectivity index (χ0v) is 11.3. The van der Waals surface area contributed by atoms with Gasteiger partial charge in [0.2, 0.25) is 5.91 Å². The van der Waals surface area contributed by atoms with Crippen LogP contribution in [0.5, 0.6) is 0 Å². The average Bonchev–Trinajstić information content (AvgIpc) is 2.37. The maximum absolute atomic E-state index is 11.4. The van der Waals surface area contributed by atoms with E-state index in [9.17, 15) is 14.7 Å². The van der Waals surface area contributed by atoms with E-state index in [1.54, 1.807) is 6.20 Å². The van der Waals surface area contributed by atoms with Gasteiger partial charge in [-0.05, 0) is 19.1 Å². The Morgan fingerprint density at radius 1 is 1.47 bits per heavy atom. The van der Waals surface area contributed by atoms with Crippen molar-refractivity contribution in [2.45, 2.75) is 18.3 Å². The van der Waals surface area contributed by atoms with Crippen molar-refractivity contribution in [1.82, 2.24) is 10.3 Å². The molecule has 0 fully saturated rings. The van der Waals surface area contributed by atoms with Gasteiger partial charge in [0.15, 0.2) is 5.60 Å². The minimum Gasteiger partial charge on any atom is -0.479 e. The molecule has 0 saturated carbocycles. The Bertz CT molecular complexity index is 437. The molecule has 0 saturated heterocycles. The van der Waals surface area contributed by atoms with Crippen LogP contribution < -0.4 is 5.32 Å². The lowest BCUT2D eigenvalue weighted by atomic mass is 10.1. The number of amides is 1. The molecule has 0 aliphatic carbocycles. The Labute approximate surface area is 115 Å². The maximum Gasteiger partial charge on any atom is 0.337 e. The molecular weight excluding hydrogens is 268 g/mol. The monoisotopic (exact) mass is 284 g/mol. The predicted octanol–water partition coefficient (Wildman–Crippen LogP) is 0.267. The Morgan fingerprint density at radius 3 is 2.79 bits per heavy atom. The molecule has 1 rings (SSSR count). The molecule has 1 unspecified atom stereocenters. The zero-order valence-electron chi connectivity index (χ0n) is 10.5. The fraction of sp³-hybridized carbons (Fsp3) is 0.417. The number of carbonyl (C=O) groups is 2. The third-order valence-corrected chi connectivity index (χ3v) is 3.27. The number of carbonyl (C=O) groups excluding carboxylic acids is 1. The molecule has 0 spiro atoms. The van der Waals surface area contributed by atoms with Gasteiger partial charge in [0.1, 0.15) is 0 Å². The van der Waals surface area contributed by atoms with Gasteiger partial charge in [0.05, 0.1) is 18.0 Å². The van der Waals surface area contributed by atoms with Crippen LogP contribution in [0, 0.1) is 0 Å². The molecule has 104 valence electrons. The van der Waals surface area contributed by atoms with Crippen molar-refractivity contribution in [1.29, 1.82) is 0 Å². The van der Waals surface area contributed by atoms with Gasteiger partial charge in [-0.25, -0.2) is 4.79 Å². The van der Waals surface area contributed by atoms with Gasteiger partial charge in [0.25, 0.3) is 0 Å². The highest BCUT2D eigenvalue weighted by atomic mass is 32.2. The molecule has 1 heterocycles. The first kappa shape index (κ1) is 15.5. The normalized spacial score (nSPS) is 13.6. The molecule has 0 radical (unpaired) electrons. The summed E-state index contributed by atoms with van der Waals surface area (Å²) in [6.07, 6.45) is 1.68. The number of carboxylic acids is 1. The van der Waals surface area contributed by atoms with Crippen LogP contribution in [0.4, 0.5) is 0 Å².